The van der Waals surface area contributed by atoms with Crippen molar-refractivity contribution in [3.05, 3.63) is 35.7 Å². The van der Waals surface area contributed by atoms with Gasteiger partial charge in [-0.15, -0.1) is 0 Å². The molecule has 2 fully saturated rings. The molecule has 38 heavy (non-hydrogen) atoms. The maximum absolute atomic E-state index is 15.8. The molecule has 8 nitrogen and oxygen atoms in total. The molecule has 4 rings (SSSR count). The number of nitrogens with zero attached hydrogens (tertiary/aromatic N) is 2. The number of carbonyl (C=O) groups excluding carboxylic acids is 1. The van der Waals surface area contributed by atoms with E-state index in [1.54, 1.807) is 31.4 Å². The zero-order valence-electron chi connectivity index (χ0n) is 23.1. The Hall–Kier alpha value is -2.88. The minimum absolute atomic E-state index is 0.132. The number of alkyl halides is 2. The Morgan fingerprint density at radius 2 is 1.76 bits per heavy atom. The number of aromatic amines is 1. The molecule has 2 aromatic rings. The van der Waals surface area contributed by atoms with Gasteiger partial charge in [0.25, 0.3) is 5.91 Å². The average molecular weight is 536 g/mol. The van der Waals surface area contributed by atoms with Crippen LogP contribution in [0.25, 0.3) is 0 Å². The molecule has 1 saturated carbocycles. The number of nitrogens with one attached hydrogen (secondary N) is 1. The van der Waals surface area contributed by atoms with Crippen molar-refractivity contribution in [2.24, 2.45) is 10.8 Å². The highest BCUT2D eigenvalue weighted by Crippen LogP contribution is 2.55. The molecule has 210 valence electrons. The number of halogens is 2. The molecule has 2 aliphatic rings. The van der Waals surface area contributed by atoms with E-state index in [4.69, 9.17) is 14.2 Å². The Morgan fingerprint density at radius 3 is 2.39 bits per heavy atom. The van der Waals surface area contributed by atoms with Crippen molar-refractivity contribution in [3.63, 3.8) is 0 Å². The number of ether oxygens (including phenoxy) is 3. The summed E-state index contributed by atoms with van der Waals surface area (Å²) in [6, 6.07) is 6.33. The minimum atomic E-state index is -3.91. The summed E-state index contributed by atoms with van der Waals surface area (Å²) in [6.07, 6.45) is 1.53. The van der Waals surface area contributed by atoms with Gasteiger partial charge in [-0.25, -0.2) is 0 Å². The van der Waals surface area contributed by atoms with Gasteiger partial charge in [0.15, 0.2) is 11.5 Å². The second-order valence-corrected chi connectivity index (χ2v) is 12.2. The van der Waals surface area contributed by atoms with Crippen molar-refractivity contribution in [3.8, 4) is 17.2 Å². The van der Waals surface area contributed by atoms with E-state index in [0.29, 0.717) is 47.9 Å². The van der Waals surface area contributed by atoms with Gasteiger partial charge in [0.1, 0.15) is 18.0 Å². The van der Waals surface area contributed by atoms with E-state index in [1.165, 1.54) is 12.0 Å². The fraction of sp³-hybridized carbons (Fsp3) is 0.643. The van der Waals surface area contributed by atoms with E-state index in [2.05, 4.69) is 10.2 Å². The number of hydrogen-bond acceptors (Lipinski definition) is 6. The summed E-state index contributed by atoms with van der Waals surface area (Å²) in [5.74, 6) is -3.58. The summed E-state index contributed by atoms with van der Waals surface area (Å²) in [5, 5.41) is 18.4. The van der Waals surface area contributed by atoms with Crippen LogP contribution >= 0.6 is 0 Å². The van der Waals surface area contributed by atoms with Crippen LogP contribution in [0.15, 0.2) is 24.3 Å². The number of methoxy groups -OCH3 is 2. The third-order valence-electron chi connectivity index (χ3n) is 7.62. The average Bonchev–Trinajstić information content (AvgIpc) is 3.49. The van der Waals surface area contributed by atoms with Crippen molar-refractivity contribution in [2.45, 2.75) is 84.0 Å². The maximum Gasteiger partial charge on any atom is 0.352 e. The lowest BCUT2D eigenvalue weighted by Gasteiger charge is -2.51. The highest BCUT2D eigenvalue weighted by molar-refractivity contribution is 5.85. The fourth-order valence-corrected chi connectivity index (χ4v) is 6.69. The molecule has 10 heteroatoms. The van der Waals surface area contributed by atoms with Crippen LogP contribution < -0.4 is 14.2 Å². The van der Waals surface area contributed by atoms with Crippen LogP contribution in [0.1, 0.15) is 77.2 Å². The van der Waals surface area contributed by atoms with Crippen LogP contribution in [0, 0.1) is 10.8 Å². The van der Waals surface area contributed by atoms with Gasteiger partial charge in [0.2, 0.25) is 0 Å². The zero-order chi connectivity index (χ0) is 27.9. The van der Waals surface area contributed by atoms with E-state index in [0.717, 1.165) is 0 Å². The van der Waals surface area contributed by atoms with E-state index >= 15 is 8.78 Å². The van der Waals surface area contributed by atoms with Crippen LogP contribution in [-0.2, 0) is 11.4 Å². The number of likely N-dealkylation sites (tertiary alicyclic amines) is 1. The number of aromatic nitrogens is 2. The molecule has 1 amide bonds. The third kappa shape index (κ3) is 5.46. The van der Waals surface area contributed by atoms with E-state index in [9.17, 15) is 9.90 Å². The summed E-state index contributed by atoms with van der Waals surface area (Å²) in [5.41, 5.74) is -2.31. The number of H-pyrrole nitrogens is 1. The van der Waals surface area contributed by atoms with Gasteiger partial charge < -0.3 is 24.2 Å². The molecule has 2 heterocycles. The largest absolute Gasteiger partial charge is 0.493 e. The van der Waals surface area contributed by atoms with Gasteiger partial charge >= 0.3 is 5.92 Å². The predicted octanol–water partition coefficient (Wildman–Crippen LogP) is 5.27. The number of benzene rings is 1. The Morgan fingerprint density at radius 1 is 1.11 bits per heavy atom. The smallest absolute Gasteiger partial charge is 0.352 e. The normalized spacial score (nSPS) is 22.2. The molecule has 0 spiro atoms. The number of rotatable bonds is 8. The molecule has 1 saturated heterocycles. The van der Waals surface area contributed by atoms with Crippen molar-refractivity contribution < 1.29 is 32.9 Å². The van der Waals surface area contributed by atoms with Crippen molar-refractivity contribution in [1.29, 1.82) is 0 Å². The summed E-state index contributed by atoms with van der Waals surface area (Å²) >= 11 is 0. The molecule has 1 atom stereocenters. The van der Waals surface area contributed by atoms with Gasteiger partial charge in [-0.2, -0.15) is 13.9 Å². The molecule has 2 N–H and O–H groups in total. The van der Waals surface area contributed by atoms with Crippen LogP contribution in [0.5, 0.6) is 17.2 Å². The molecule has 0 radical (unpaired) electrons. The number of hydrogen-bond donors (Lipinski definition) is 2. The highest BCUT2D eigenvalue weighted by Gasteiger charge is 2.65. The quantitative estimate of drug-likeness (QED) is 0.478. The lowest BCUT2D eigenvalue weighted by molar-refractivity contribution is -0.231. The summed E-state index contributed by atoms with van der Waals surface area (Å²) in [4.78, 5) is 14.5. The Kier molecular flexibility index (Phi) is 7.42. The third-order valence-corrected chi connectivity index (χ3v) is 7.62. The van der Waals surface area contributed by atoms with Gasteiger partial charge in [-0.05, 0) is 61.1 Å². The Labute approximate surface area is 222 Å². The van der Waals surface area contributed by atoms with Crippen LogP contribution in [-0.4, -0.2) is 58.4 Å². The first-order chi connectivity index (χ1) is 17.7. The van der Waals surface area contributed by atoms with Gasteiger partial charge in [-0.1, -0.05) is 27.7 Å². The van der Waals surface area contributed by atoms with Crippen molar-refractivity contribution in [1.82, 2.24) is 15.1 Å². The van der Waals surface area contributed by atoms with Crippen LogP contribution in [0.3, 0.4) is 0 Å². The van der Waals surface area contributed by atoms with Crippen LogP contribution in [0.4, 0.5) is 8.78 Å². The number of aliphatic hydroxyl groups is 1. The van der Waals surface area contributed by atoms with E-state index in [-0.39, 0.29) is 26.0 Å². The van der Waals surface area contributed by atoms with Crippen LogP contribution in [0.2, 0.25) is 0 Å². The second kappa shape index (κ2) is 10.0. The molecule has 0 unspecified atom stereocenters. The fourth-order valence-electron chi connectivity index (χ4n) is 6.69. The molecule has 1 aliphatic carbocycles. The predicted molar refractivity (Wildman–Crippen MR) is 137 cm³/mol. The number of carbonyl (C=O) groups is 1. The highest BCUT2D eigenvalue weighted by atomic mass is 19.3. The first kappa shape index (κ1) is 28.1. The van der Waals surface area contributed by atoms with Crippen molar-refractivity contribution in [2.75, 3.05) is 20.8 Å². The maximum atomic E-state index is 15.8. The lowest BCUT2D eigenvalue weighted by atomic mass is 9.58. The van der Waals surface area contributed by atoms with Gasteiger partial charge in [0.05, 0.1) is 31.6 Å². The molecule has 1 aliphatic heterocycles. The number of amides is 1. The molecule has 0 bridgehead atoms. The van der Waals surface area contributed by atoms with Crippen molar-refractivity contribution >= 4 is 5.91 Å². The molecular formula is C28H39F2N3O5. The molecule has 1 aromatic carbocycles. The molecular weight excluding hydrogens is 496 g/mol. The second-order valence-electron chi connectivity index (χ2n) is 12.2. The zero-order valence-corrected chi connectivity index (χ0v) is 23.1. The molecule has 1 aromatic heterocycles. The minimum Gasteiger partial charge on any atom is -0.493 e. The first-order valence-corrected chi connectivity index (χ1v) is 13.0. The van der Waals surface area contributed by atoms with E-state index in [1.807, 2.05) is 27.7 Å². The monoisotopic (exact) mass is 535 g/mol. The summed E-state index contributed by atoms with van der Waals surface area (Å²) < 4.78 is 48.0. The van der Waals surface area contributed by atoms with Gasteiger partial charge in [-0.3, -0.25) is 9.89 Å². The summed E-state index contributed by atoms with van der Waals surface area (Å²) in [7, 11) is 3.09. The van der Waals surface area contributed by atoms with E-state index < -0.39 is 34.3 Å². The van der Waals surface area contributed by atoms with Gasteiger partial charge in [0, 0.05) is 12.6 Å². The first-order valence-electron chi connectivity index (χ1n) is 13.0. The summed E-state index contributed by atoms with van der Waals surface area (Å²) in [6.45, 7) is 7.80. The SMILES string of the molecule is COc1ccc(OCc2cc([C@@H]3CCCN3C(=O)C(F)(F)C3(O)CC(C)(C)CC(C)(C)C3)[nH]n2)cc1OC. The Bertz CT molecular complexity index is 1150. The Balaban J connectivity index is 1.48. The standard InChI is InChI=1S/C28H39F2N3O5/c1-25(2)15-26(3,4)17-27(35,16-25)28(29,30)24(34)33-11-7-8-21(33)20-12-18(31-32-20)14-38-19-9-10-22(36-5)23(13-19)37-6/h9-10,12-13,21,35H,7-8,11,14-17H2,1-6H3,(H,31,32)/t21-/m0/s1. The topological polar surface area (TPSA) is 96.9 Å². The lowest BCUT2D eigenvalue weighted by Crippen LogP contribution is -2.62.